The molecule has 0 aliphatic heterocycles. The molecule has 0 aromatic heterocycles. The summed E-state index contributed by atoms with van der Waals surface area (Å²) in [5.41, 5.74) is 0.0353. The molecule has 0 aromatic rings. The van der Waals surface area contributed by atoms with Crippen LogP contribution in [0.3, 0.4) is 0 Å². The minimum Gasteiger partial charge on any atom is -0.356 e. The Labute approximate surface area is 136 Å². The molecule has 126 valence electrons. The second kappa shape index (κ2) is 6.90. The lowest BCUT2D eigenvalue weighted by Gasteiger charge is -2.55. The van der Waals surface area contributed by atoms with Crippen LogP contribution in [0.5, 0.6) is 0 Å². The third-order valence-electron chi connectivity index (χ3n) is 6.60. The molecule has 3 nitrogen and oxygen atoms in total. The lowest BCUT2D eigenvalue weighted by molar-refractivity contribution is -0.146. The summed E-state index contributed by atoms with van der Waals surface area (Å²) in [5, 5.41) is 3.29. The van der Waals surface area contributed by atoms with E-state index in [0.29, 0.717) is 5.91 Å². The fourth-order valence-electron chi connectivity index (χ4n) is 5.78. The van der Waals surface area contributed by atoms with Gasteiger partial charge in [-0.2, -0.15) is 0 Å². The minimum atomic E-state index is 0.0353. The van der Waals surface area contributed by atoms with Gasteiger partial charge in [-0.05, 0) is 88.8 Å². The van der Waals surface area contributed by atoms with Crippen LogP contribution in [0.25, 0.3) is 0 Å². The number of carbonyl (C=O) groups is 1. The lowest BCUT2D eigenvalue weighted by Crippen LogP contribution is -2.53. The minimum absolute atomic E-state index is 0.0353. The Balaban J connectivity index is 1.41. The van der Waals surface area contributed by atoms with Gasteiger partial charge in [0.25, 0.3) is 0 Å². The Kier molecular flexibility index (Phi) is 5.11. The number of carbonyl (C=O) groups excluding carboxylic acids is 1. The van der Waals surface area contributed by atoms with Crippen LogP contribution in [-0.4, -0.2) is 37.0 Å². The average molecular weight is 306 g/mol. The molecule has 1 N–H and O–H groups in total. The van der Waals surface area contributed by atoms with Gasteiger partial charge >= 0.3 is 0 Å². The van der Waals surface area contributed by atoms with Crippen LogP contribution < -0.4 is 5.32 Å². The summed E-state index contributed by atoms with van der Waals surface area (Å²) in [5.74, 6) is 2.98. The highest BCUT2D eigenvalue weighted by atomic mass is 16.2. The second-order valence-corrected chi connectivity index (χ2v) is 8.19. The number of nitrogens with one attached hydrogen (secondary N) is 1. The molecule has 0 spiro atoms. The van der Waals surface area contributed by atoms with E-state index in [-0.39, 0.29) is 5.41 Å². The Hall–Kier alpha value is -0.570. The van der Waals surface area contributed by atoms with Crippen LogP contribution in [0.4, 0.5) is 0 Å². The van der Waals surface area contributed by atoms with Crippen molar-refractivity contribution in [1.29, 1.82) is 0 Å². The number of hydrogen-bond donors (Lipinski definition) is 1. The van der Waals surface area contributed by atoms with Crippen molar-refractivity contribution in [1.82, 2.24) is 10.2 Å². The maximum Gasteiger partial charge on any atom is 0.226 e. The first kappa shape index (κ1) is 16.3. The Morgan fingerprint density at radius 1 is 1.00 bits per heavy atom. The van der Waals surface area contributed by atoms with Gasteiger partial charge in [-0.15, -0.1) is 0 Å². The summed E-state index contributed by atoms with van der Waals surface area (Å²) in [4.78, 5) is 15.2. The fourth-order valence-corrected chi connectivity index (χ4v) is 5.78. The fraction of sp³-hybridized carbons (Fsp3) is 0.947. The van der Waals surface area contributed by atoms with Gasteiger partial charge in [0.2, 0.25) is 5.91 Å². The van der Waals surface area contributed by atoms with Crippen molar-refractivity contribution < 1.29 is 4.79 Å². The molecule has 4 bridgehead atoms. The molecular weight excluding hydrogens is 272 g/mol. The number of amides is 1. The molecule has 4 fully saturated rings. The number of hydrogen-bond acceptors (Lipinski definition) is 2. The normalized spacial score (nSPS) is 36.0. The van der Waals surface area contributed by atoms with Crippen LogP contribution in [0, 0.1) is 23.2 Å². The van der Waals surface area contributed by atoms with E-state index in [1.54, 1.807) is 0 Å². The van der Waals surface area contributed by atoms with E-state index in [1.807, 2.05) is 0 Å². The van der Waals surface area contributed by atoms with E-state index < -0.39 is 0 Å². The monoisotopic (exact) mass is 306 g/mol. The van der Waals surface area contributed by atoms with Crippen LogP contribution in [0.2, 0.25) is 0 Å². The highest BCUT2D eigenvalue weighted by Crippen LogP contribution is 2.60. The zero-order valence-corrected chi connectivity index (χ0v) is 14.6. The van der Waals surface area contributed by atoms with Crippen molar-refractivity contribution in [3.63, 3.8) is 0 Å². The molecule has 3 heteroatoms. The van der Waals surface area contributed by atoms with E-state index in [1.165, 1.54) is 51.5 Å². The van der Waals surface area contributed by atoms with E-state index in [4.69, 9.17) is 0 Å². The first-order valence-corrected chi connectivity index (χ1v) is 9.66. The first-order valence-electron chi connectivity index (χ1n) is 9.66. The number of rotatable bonds is 8. The Morgan fingerprint density at radius 3 is 2.05 bits per heavy atom. The lowest BCUT2D eigenvalue weighted by atomic mass is 9.49. The molecule has 0 aromatic carbocycles. The maximum atomic E-state index is 12.8. The SMILES string of the molecule is CCN(CC)CCCCNC(=O)C12CC3CC(CC(C3)C1)C2. The standard InChI is InChI=1S/C19H34N2O/c1-3-21(4-2)8-6-5-7-20-18(22)19-12-15-9-16(13-19)11-17(10-15)14-19/h15-17H,3-14H2,1-2H3,(H,20,22). The van der Waals surface area contributed by atoms with Crippen molar-refractivity contribution in [2.45, 2.75) is 65.2 Å². The Morgan fingerprint density at radius 2 is 1.55 bits per heavy atom. The molecule has 4 rings (SSSR count). The van der Waals surface area contributed by atoms with Gasteiger partial charge in [-0.3, -0.25) is 4.79 Å². The third kappa shape index (κ3) is 3.34. The zero-order valence-electron chi connectivity index (χ0n) is 14.6. The van der Waals surface area contributed by atoms with Crippen molar-refractivity contribution in [3.8, 4) is 0 Å². The van der Waals surface area contributed by atoms with E-state index >= 15 is 0 Å². The summed E-state index contributed by atoms with van der Waals surface area (Å²) in [6.45, 7) is 8.75. The van der Waals surface area contributed by atoms with Crippen molar-refractivity contribution >= 4 is 5.91 Å². The smallest absolute Gasteiger partial charge is 0.226 e. The summed E-state index contributed by atoms with van der Waals surface area (Å²) in [6, 6.07) is 0. The third-order valence-corrected chi connectivity index (χ3v) is 6.60. The van der Waals surface area contributed by atoms with E-state index in [0.717, 1.165) is 43.8 Å². The Bertz CT molecular complexity index is 354. The van der Waals surface area contributed by atoms with Gasteiger partial charge < -0.3 is 10.2 Å². The predicted octanol–water partition coefficient (Wildman–Crippen LogP) is 3.44. The molecular formula is C19H34N2O. The van der Waals surface area contributed by atoms with E-state index in [9.17, 15) is 4.79 Å². The number of nitrogens with zero attached hydrogens (tertiary/aromatic N) is 1. The van der Waals surface area contributed by atoms with E-state index in [2.05, 4.69) is 24.1 Å². The topological polar surface area (TPSA) is 32.3 Å². The van der Waals surface area contributed by atoms with Gasteiger partial charge in [-0.25, -0.2) is 0 Å². The molecule has 22 heavy (non-hydrogen) atoms. The molecule has 0 atom stereocenters. The van der Waals surface area contributed by atoms with Gasteiger partial charge in [0.05, 0.1) is 0 Å². The highest BCUT2D eigenvalue weighted by Gasteiger charge is 2.54. The van der Waals surface area contributed by atoms with Crippen molar-refractivity contribution in [2.24, 2.45) is 23.2 Å². The first-order chi connectivity index (χ1) is 10.6. The number of unbranched alkanes of at least 4 members (excludes halogenated alkanes) is 1. The quantitative estimate of drug-likeness (QED) is 0.697. The molecule has 0 unspecified atom stereocenters. The molecule has 4 aliphatic carbocycles. The van der Waals surface area contributed by atoms with Gasteiger partial charge in [0.15, 0.2) is 0 Å². The van der Waals surface area contributed by atoms with Gasteiger partial charge in [0, 0.05) is 12.0 Å². The molecule has 0 saturated heterocycles. The molecule has 1 amide bonds. The maximum absolute atomic E-state index is 12.8. The van der Waals surface area contributed by atoms with Crippen LogP contribution in [-0.2, 0) is 4.79 Å². The van der Waals surface area contributed by atoms with Crippen LogP contribution >= 0.6 is 0 Å². The van der Waals surface area contributed by atoms with Crippen LogP contribution in [0.1, 0.15) is 65.2 Å². The molecule has 0 heterocycles. The molecule has 0 radical (unpaired) electrons. The second-order valence-electron chi connectivity index (χ2n) is 8.19. The average Bonchev–Trinajstić information content (AvgIpc) is 2.49. The summed E-state index contributed by atoms with van der Waals surface area (Å²) in [6.07, 6.45) is 10.1. The van der Waals surface area contributed by atoms with Crippen molar-refractivity contribution in [2.75, 3.05) is 26.2 Å². The summed E-state index contributed by atoms with van der Waals surface area (Å²) < 4.78 is 0. The largest absolute Gasteiger partial charge is 0.356 e. The summed E-state index contributed by atoms with van der Waals surface area (Å²) >= 11 is 0. The highest BCUT2D eigenvalue weighted by molar-refractivity contribution is 5.83. The van der Waals surface area contributed by atoms with Gasteiger partial charge in [0.1, 0.15) is 0 Å². The molecule has 4 saturated carbocycles. The van der Waals surface area contributed by atoms with Crippen molar-refractivity contribution in [3.05, 3.63) is 0 Å². The molecule has 4 aliphatic rings. The van der Waals surface area contributed by atoms with Crippen LogP contribution in [0.15, 0.2) is 0 Å². The summed E-state index contributed by atoms with van der Waals surface area (Å²) in [7, 11) is 0. The predicted molar refractivity (Wildman–Crippen MR) is 90.6 cm³/mol. The zero-order chi connectivity index (χ0) is 15.6. The van der Waals surface area contributed by atoms with Gasteiger partial charge in [-0.1, -0.05) is 13.8 Å².